The lowest BCUT2D eigenvalue weighted by atomic mass is 10.1. The van der Waals surface area contributed by atoms with Crippen LogP contribution in [-0.4, -0.2) is 69.1 Å². The number of piperazine rings is 1. The maximum atomic E-state index is 14.0. The number of benzene rings is 1. The van der Waals surface area contributed by atoms with Gasteiger partial charge in [-0.1, -0.05) is 6.92 Å². The Morgan fingerprint density at radius 2 is 2.06 bits per heavy atom. The third kappa shape index (κ3) is 3.66. The van der Waals surface area contributed by atoms with E-state index in [2.05, 4.69) is 34.3 Å². The average Bonchev–Trinajstić information content (AvgIpc) is 3.36. The van der Waals surface area contributed by atoms with Gasteiger partial charge in [-0.15, -0.1) is 0 Å². The Hall–Kier alpha value is -3.01. The molecule has 1 atom stereocenters. The van der Waals surface area contributed by atoms with Gasteiger partial charge in [0.25, 0.3) is 5.91 Å². The molecule has 2 aliphatic heterocycles. The highest BCUT2D eigenvalue weighted by molar-refractivity contribution is 6.04. The van der Waals surface area contributed by atoms with Crippen LogP contribution >= 0.6 is 0 Å². The summed E-state index contributed by atoms with van der Waals surface area (Å²) in [6.07, 6.45) is 2.75. The van der Waals surface area contributed by atoms with Gasteiger partial charge in [0.15, 0.2) is 5.82 Å². The Bertz CT molecular complexity index is 1100. The fraction of sp³-hybridized carbons (Fsp3) is 0.522. The summed E-state index contributed by atoms with van der Waals surface area (Å²) in [5, 5.41) is 9.86. The molecule has 176 valence electrons. The first-order valence-corrected chi connectivity index (χ1v) is 11.5. The van der Waals surface area contributed by atoms with Crippen molar-refractivity contribution in [2.45, 2.75) is 51.2 Å². The first kappa shape index (κ1) is 21.8. The highest BCUT2D eigenvalue weighted by Crippen LogP contribution is 2.57. The maximum Gasteiger partial charge on any atom is 0.321 e. The number of carbonyl (C=O) groups is 2. The van der Waals surface area contributed by atoms with Gasteiger partial charge >= 0.3 is 6.03 Å². The molecule has 1 aromatic carbocycles. The minimum atomic E-state index is -0.939. The van der Waals surface area contributed by atoms with Gasteiger partial charge in [0, 0.05) is 37.3 Å². The SMILES string of the molecule is CCCN1CCN(C(=O)N2Cc3c(NC(=O)c4ccc(F)cc4F)n[nH]c3C23CC3)[C@@H](C)C1. The highest BCUT2D eigenvalue weighted by Gasteiger charge is 2.59. The van der Waals surface area contributed by atoms with E-state index < -0.39 is 23.1 Å². The minimum Gasteiger partial charge on any atom is -0.319 e. The van der Waals surface area contributed by atoms with Crippen LogP contribution in [0.3, 0.4) is 0 Å². The average molecular weight is 459 g/mol. The zero-order valence-corrected chi connectivity index (χ0v) is 18.8. The second-order valence-corrected chi connectivity index (χ2v) is 9.25. The first-order chi connectivity index (χ1) is 15.8. The molecule has 2 aromatic rings. The van der Waals surface area contributed by atoms with Crippen molar-refractivity contribution in [3.63, 3.8) is 0 Å². The molecule has 10 heteroatoms. The molecule has 0 unspecified atom stereocenters. The van der Waals surface area contributed by atoms with E-state index in [4.69, 9.17) is 0 Å². The van der Waals surface area contributed by atoms with Crippen LogP contribution in [0.25, 0.3) is 0 Å². The number of rotatable bonds is 4. The number of fused-ring (bicyclic) bond motifs is 2. The van der Waals surface area contributed by atoms with Gasteiger partial charge in [0.1, 0.15) is 11.6 Å². The molecule has 1 aromatic heterocycles. The van der Waals surface area contributed by atoms with Crippen molar-refractivity contribution in [2.24, 2.45) is 0 Å². The molecule has 3 amide bonds. The summed E-state index contributed by atoms with van der Waals surface area (Å²) < 4.78 is 27.2. The predicted molar refractivity (Wildman–Crippen MR) is 118 cm³/mol. The van der Waals surface area contributed by atoms with Gasteiger partial charge in [-0.3, -0.25) is 14.8 Å². The predicted octanol–water partition coefficient (Wildman–Crippen LogP) is 3.28. The van der Waals surface area contributed by atoms with E-state index in [0.29, 0.717) is 19.2 Å². The molecule has 8 nitrogen and oxygen atoms in total. The molecular formula is C23H28F2N6O2. The number of aromatic nitrogens is 2. The number of aromatic amines is 1. The van der Waals surface area contributed by atoms with E-state index >= 15 is 0 Å². The molecule has 2 N–H and O–H groups in total. The molecule has 1 saturated carbocycles. The second-order valence-electron chi connectivity index (χ2n) is 9.25. The number of amides is 3. The molecular weight excluding hydrogens is 430 g/mol. The van der Waals surface area contributed by atoms with E-state index in [1.807, 2.05) is 9.80 Å². The van der Waals surface area contributed by atoms with Crippen LogP contribution in [-0.2, 0) is 12.1 Å². The third-order valence-electron chi connectivity index (χ3n) is 7.02. The van der Waals surface area contributed by atoms with Crippen molar-refractivity contribution in [1.82, 2.24) is 24.9 Å². The number of anilines is 1. The van der Waals surface area contributed by atoms with Gasteiger partial charge in [0.2, 0.25) is 0 Å². The van der Waals surface area contributed by atoms with Crippen molar-refractivity contribution in [2.75, 3.05) is 31.5 Å². The molecule has 2 fully saturated rings. The van der Waals surface area contributed by atoms with Crippen molar-refractivity contribution < 1.29 is 18.4 Å². The Balaban J connectivity index is 1.33. The number of nitrogens with zero attached hydrogens (tertiary/aromatic N) is 4. The zero-order chi connectivity index (χ0) is 23.3. The Morgan fingerprint density at radius 3 is 2.73 bits per heavy atom. The Labute approximate surface area is 190 Å². The van der Waals surface area contributed by atoms with E-state index in [1.165, 1.54) is 0 Å². The fourth-order valence-electron chi connectivity index (χ4n) is 5.18. The first-order valence-electron chi connectivity index (χ1n) is 11.5. The van der Waals surface area contributed by atoms with Crippen molar-refractivity contribution >= 4 is 17.8 Å². The van der Waals surface area contributed by atoms with Crippen LogP contribution in [0.1, 0.15) is 54.7 Å². The van der Waals surface area contributed by atoms with Crippen molar-refractivity contribution in [3.8, 4) is 0 Å². The summed E-state index contributed by atoms with van der Waals surface area (Å²) in [5.41, 5.74) is 0.903. The van der Waals surface area contributed by atoms with Crippen molar-refractivity contribution in [3.05, 3.63) is 46.7 Å². The number of carbonyl (C=O) groups excluding carboxylic acids is 2. The number of urea groups is 1. The smallest absolute Gasteiger partial charge is 0.319 e. The summed E-state index contributed by atoms with van der Waals surface area (Å²) in [6.45, 7) is 8.01. The summed E-state index contributed by atoms with van der Waals surface area (Å²) in [5.74, 6) is -2.12. The Kier molecular flexibility index (Phi) is 5.35. The number of H-pyrrole nitrogens is 1. The van der Waals surface area contributed by atoms with Crippen LogP contribution < -0.4 is 5.32 Å². The number of halogens is 2. The van der Waals surface area contributed by atoms with Gasteiger partial charge < -0.3 is 15.1 Å². The number of hydrogen-bond donors (Lipinski definition) is 2. The third-order valence-corrected chi connectivity index (χ3v) is 7.02. The molecule has 0 bridgehead atoms. The van der Waals surface area contributed by atoms with Crippen LogP contribution in [0, 0.1) is 11.6 Å². The fourth-order valence-corrected chi connectivity index (χ4v) is 5.18. The standard InChI is InChI=1S/C23H28F2N6O2/c1-3-8-29-9-10-30(14(2)12-29)22(33)31-13-17-19(23(31)6-7-23)27-28-20(17)26-21(32)16-5-4-15(24)11-18(16)25/h4-5,11,14H,3,6-10,12-13H2,1-2H3,(H2,26,27,28,32)/t14-/m0/s1. The van der Waals surface area contributed by atoms with Crippen LogP contribution in [0.15, 0.2) is 18.2 Å². The quantitative estimate of drug-likeness (QED) is 0.737. The summed E-state index contributed by atoms with van der Waals surface area (Å²) in [7, 11) is 0. The van der Waals surface area contributed by atoms with Crippen molar-refractivity contribution in [1.29, 1.82) is 0 Å². The van der Waals surface area contributed by atoms with Crippen LogP contribution in [0.4, 0.5) is 19.4 Å². The highest BCUT2D eigenvalue weighted by atomic mass is 19.1. The van der Waals surface area contributed by atoms with Crippen LogP contribution in [0.5, 0.6) is 0 Å². The normalized spacial score (nSPS) is 21.4. The number of hydrogen-bond acceptors (Lipinski definition) is 4. The van der Waals surface area contributed by atoms with E-state index in [-0.39, 0.29) is 23.5 Å². The monoisotopic (exact) mass is 458 g/mol. The van der Waals surface area contributed by atoms with Gasteiger partial charge in [0.05, 0.1) is 23.3 Å². The molecule has 1 spiro atoms. The summed E-state index contributed by atoms with van der Waals surface area (Å²) in [6, 6.07) is 2.93. The maximum absolute atomic E-state index is 14.0. The molecule has 1 aliphatic carbocycles. The topological polar surface area (TPSA) is 84.6 Å². The minimum absolute atomic E-state index is 0.00241. The van der Waals surface area contributed by atoms with E-state index in [0.717, 1.165) is 62.3 Å². The van der Waals surface area contributed by atoms with Gasteiger partial charge in [-0.2, -0.15) is 5.10 Å². The molecule has 1 saturated heterocycles. The lowest BCUT2D eigenvalue weighted by Crippen LogP contribution is -2.57. The van der Waals surface area contributed by atoms with Crippen LogP contribution in [0.2, 0.25) is 0 Å². The largest absolute Gasteiger partial charge is 0.321 e. The van der Waals surface area contributed by atoms with Gasteiger partial charge in [-0.25, -0.2) is 13.6 Å². The molecule has 3 heterocycles. The van der Waals surface area contributed by atoms with E-state index in [9.17, 15) is 18.4 Å². The number of nitrogens with one attached hydrogen (secondary N) is 2. The second kappa shape index (κ2) is 8.09. The molecule has 33 heavy (non-hydrogen) atoms. The molecule has 3 aliphatic rings. The lowest BCUT2D eigenvalue weighted by Gasteiger charge is -2.42. The van der Waals surface area contributed by atoms with E-state index in [1.54, 1.807) is 0 Å². The Morgan fingerprint density at radius 1 is 1.27 bits per heavy atom. The summed E-state index contributed by atoms with van der Waals surface area (Å²) in [4.78, 5) is 32.4. The van der Waals surface area contributed by atoms with Gasteiger partial charge in [-0.05, 0) is 44.9 Å². The molecule has 0 radical (unpaired) electrons. The molecule has 5 rings (SSSR count). The zero-order valence-electron chi connectivity index (χ0n) is 18.8. The lowest BCUT2D eigenvalue weighted by molar-refractivity contribution is 0.0698. The summed E-state index contributed by atoms with van der Waals surface area (Å²) >= 11 is 0.